The Balaban J connectivity index is 1.39. The fourth-order valence-electron chi connectivity index (χ4n) is 4.43. The molecule has 0 atom stereocenters. The molecule has 4 rings (SSSR count). The summed E-state index contributed by atoms with van der Waals surface area (Å²) in [5.41, 5.74) is 2.71. The van der Waals surface area contributed by atoms with E-state index in [1.807, 2.05) is 51.9 Å². The summed E-state index contributed by atoms with van der Waals surface area (Å²) in [6.45, 7) is 6.30. The number of hydrogen-bond donors (Lipinski definition) is 1. The van der Waals surface area contributed by atoms with E-state index < -0.39 is 0 Å². The lowest BCUT2D eigenvalue weighted by Crippen LogP contribution is -2.54. The monoisotopic (exact) mass is 453 g/mol. The van der Waals surface area contributed by atoms with Gasteiger partial charge < -0.3 is 19.9 Å². The predicted octanol–water partition coefficient (Wildman–Crippen LogP) is 5.03. The Labute approximate surface area is 194 Å². The highest BCUT2D eigenvalue weighted by atomic mass is 32.2. The topological polar surface area (TPSA) is 61.9 Å². The number of rotatable bonds is 4. The number of benzene rings is 2. The van der Waals surface area contributed by atoms with Gasteiger partial charge in [-0.05, 0) is 54.7 Å². The average molecular weight is 454 g/mol. The van der Waals surface area contributed by atoms with Gasteiger partial charge in [-0.3, -0.25) is 4.79 Å². The number of carbonyl (C=O) groups excluding carboxylic acids is 2. The van der Waals surface area contributed by atoms with Crippen molar-refractivity contribution in [2.75, 3.05) is 37.8 Å². The van der Waals surface area contributed by atoms with Gasteiger partial charge in [0.15, 0.2) is 0 Å². The molecule has 1 spiro atoms. The van der Waals surface area contributed by atoms with Crippen LogP contribution in [-0.4, -0.2) is 59.1 Å². The molecule has 0 radical (unpaired) electrons. The van der Waals surface area contributed by atoms with Gasteiger partial charge in [0.25, 0.3) is 5.91 Å². The van der Waals surface area contributed by atoms with Gasteiger partial charge in [-0.15, -0.1) is 11.8 Å². The number of piperidine rings is 1. The standard InChI is InChI=1S/C25H31N3O3S/c1-18(2)19-7-9-21(10-8-19)26-24(30)27-13-11-25(12-14-27)28(15-16-32-25)23(29)20-5-4-6-22(17-20)31-3/h4-10,17-18H,11-16H2,1-3H3,(H,26,30). The molecule has 6 nitrogen and oxygen atoms in total. The van der Waals surface area contributed by atoms with Gasteiger partial charge in [-0.2, -0.15) is 0 Å². The second-order valence-electron chi connectivity index (χ2n) is 8.68. The Morgan fingerprint density at radius 3 is 2.44 bits per heavy atom. The number of urea groups is 1. The molecule has 7 heteroatoms. The zero-order chi connectivity index (χ0) is 22.7. The molecule has 0 bridgehead atoms. The SMILES string of the molecule is COc1cccc(C(=O)N2CCSC23CCN(C(=O)Nc2ccc(C(C)C)cc2)CC3)c1. The Morgan fingerprint density at radius 2 is 1.78 bits per heavy atom. The molecule has 2 heterocycles. The van der Waals surface area contributed by atoms with Crippen molar-refractivity contribution in [1.29, 1.82) is 0 Å². The van der Waals surface area contributed by atoms with Crippen LogP contribution in [0, 0.1) is 0 Å². The summed E-state index contributed by atoms with van der Waals surface area (Å²) in [5, 5.41) is 3.02. The lowest BCUT2D eigenvalue weighted by molar-refractivity contribution is 0.0585. The first-order valence-corrected chi connectivity index (χ1v) is 12.2. The third-order valence-corrected chi connectivity index (χ3v) is 7.95. The number of thioether (sulfide) groups is 1. The van der Waals surface area contributed by atoms with E-state index in [0.29, 0.717) is 30.3 Å². The molecule has 0 aliphatic carbocycles. The molecule has 1 N–H and O–H groups in total. The number of likely N-dealkylation sites (tertiary alicyclic amines) is 1. The molecule has 0 saturated carbocycles. The van der Waals surface area contributed by atoms with Crippen LogP contribution in [0.1, 0.15) is 48.5 Å². The van der Waals surface area contributed by atoms with Crippen molar-refractivity contribution in [3.05, 3.63) is 59.7 Å². The van der Waals surface area contributed by atoms with Crippen LogP contribution in [0.5, 0.6) is 5.75 Å². The molecule has 170 valence electrons. The van der Waals surface area contributed by atoms with Crippen molar-refractivity contribution >= 4 is 29.4 Å². The van der Waals surface area contributed by atoms with Gasteiger partial charge in [0.2, 0.25) is 0 Å². The molecule has 2 fully saturated rings. The third-order valence-electron chi connectivity index (χ3n) is 6.40. The minimum Gasteiger partial charge on any atom is -0.497 e. The van der Waals surface area contributed by atoms with E-state index in [9.17, 15) is 9.59 Å². The van der Waals surface area contributed by atoms with Gasteiger partial charge in [0.1, 0.15) is 5.75 Å². The zero-order valence-corrected chi connectivity index (χ0v) is 19.8. The minimum atomic E-state index is -0.240. The minimum absolute atomic E-state index is 0.0389. The maximum absolute atomic E-state index is 13.3. The van der Waals surface area contributed by atoms with Crippen LogP contribution in [0.3, 0.4) is 0 Å². The Morgan fingerprint density at radius 1 is 1.06 bits per heavy atom. The first-order valence-electron chi connectivity index (χ1n) is 11.2. The first-order chi connectivity index (χ1) is 15.4. The van der Waals surface area contributed by atoms with Crippen LogP contribution in [0.25, 0.3) is 0 Å². The van der Waals surface area contributed by atoms with Crippen LogP contribution < -0.4 is 10.1 Å². The molecule has 2 saturated heterocycles. The number of carbonyl (C=O) groups is 2. The average Bonchev–Trinajstić information content (AvgIpc) is 3.22. The maximum atomic E-state index is 13.3. The van der Waals surface area contributed by atoms with Crippen LogP contribution in [-0.2, 0) is 0 Å². The lowest BCUT2D eigenvalue weighted by atomic mass is 10.0. The zero-order valence-electron chi connectivity index (χ0n) is 19.0. The number of anilines is 1. The third kappa shape index (κ3) is 4.58. The van der Waals surface area contributed by atoms with Crippen molar-refractivity contribution in [2.24, 2.45) is 0 Å². The van der Waals surface area contributed by atoms with Gasteiger partial charge in [-0.25, -0.2) is 4.79 Å². The van der Waals surface area contributed by atoms with Crippen molar-refractivity contribution in [1.82, 2.24) is 9.80 Å². The molecule has 2 aliphatic rings. The van der Waals surface area contributed by atoms with E-state index in [2.05, 4.69) is 31.3 Å². The summed E-state index contributed by atoms with van der Waals surface area (Å²) in [4.78, 5) is 29.7. The Kier molecular flexibility index (Phi) is 6.65. The fraction of sp³-hybridized carbons (Fsp3) is 0.440. The number of amides is 3. The van der Waals surface area contributed by atoms with E-state index in [-0.39, 0.29) is 16.8 Å². The van der Waals surface area contributed by atoms with E-state index in [0.717, 1.165) is 30.8 Å². The highest BCUT2D eigenvalue weighted by Crippen LogP contribution is 2.44. The summed E-state index contributed by atoms with van der Waals surface area (Å²) in [7, 11) is 1.61. The molecule has 0 aromatic heterocycles. The van der Waals surface area contributed by atoms with E-state index in [1.54, 1.807) is 13.2 Å². The first kappa shape index (κ1) is 22.5. The number of nitrogens with one attached hydrogen (secondary N) is 1. The van der Waals surface area contributed by atoms with E-state index >= 15 is 0 Å². The number of methoxy groups -OCH3 is 1. The molecule has 32 heavy (non-hydrogen) atoms. The molecule has 2 aliphatic heterocycles. The van der Waals surface area contributed by atoms with Gasteiger partial charge in [-0.1, -0.05) is 32.0 Å². The van der Waals surface area contributed by atoms with Crippen LogP contribution >= 0.6 is 11.8 Å². The smallest absolute Gasteiger partial charge is 0.321 e. The van der Waals surface area contributed by atoms with E-state index in [4.69, 9.17) is 4.74 Å². The quantitative estimate of drug-likeness (QED) is 0.705. The Bertz CT molecular complexity index is 969. The molecule has 0 unspecified atom stereocenters. The van der Waals surface area contributed by atoms with Gasteiger partial charge in [0, 0.05) is 36.6 Å². The molecular weight excluding hydrogens is 422 g/mol. The van der Waals surface area contributed by atoms with Gasteiger partial charge >= 0.3 is 6.03 Å². The predicted molar refractivity (Wildman–Crippen MR) is 130 cm³/mol. The summed E-state index contributed by atoms with van der Waals surface area (Å²) in [5.74, 6) is 2.11. The second kappa shape index (κ2) is 9.45. The molecule has 3 amide bonds. The summed E-state index contributed by atoms with van der Waals surface area (Å²) in [6, 6.07) is 15.3. The van der Waals surface area contributed by atoms with Crippen molar-refractivity contribution < 1.29 is 14.3 Å². The molecule has 2 aromatic carbocycles. The molecular formula is C25H31N3O3S. The maximum Gasteiger partial charge on any atom is 0.321 e. The number of hydrogen-bond acceptors (Lipinski definition) is 4. The van der Waals surface area contributed by atoms with Crippen LogP contribution in [0.15, 0.2) is 48.5 Å². The van der Waals surface area contributed by atoms with Crippen molar-refractivity contribution in [3.63, 3.8) is 0 Å². The lowest BCUT2D eigenvalue weighted by Gasteiger charge is -2.44. The van der Waals surface area contributed by atoms with Crippen LogP contribution in [0.2, 0.25) is 0 Å². The Hall–Kier alpha value is -2.67. The van der Waals surface area contributed by atoms with Gasteiger partial charge in [0.05, 0.1) is 12.0 Å². The summed E-state index contributed by atoms with van der Waals surface area (Å²) < 4.78 is 5.28. The molecule has 2 aromatic rings. The van der Waals surface area contributed by atoms with Crippen molar-refractivity contribution in [3.8, 4) is 5.75 Å². The van der Waals surface area contributed by atoms with Crippen LogP contribution in [0.4, 0.5) is 10.5 Å². The highest BCUT2D eigenvalue weighted by Gasteiger charge is 2.47. The largest absolute Gasteiger partial charge is 0.497 e. The fourth-order valence-corrected chi connectivity index (χ4v) is 5.89. The summed E-state index contributed by atoms with van der Waals surface area (Å²) in [6.07, 6.45) is 1.54. The summed E-state index contributed by atoms with van der Waals surface area (Å²) >= 11 is 1.84. The van der Waals surface area contributed by atoms with E-state index in [1.165, 1.54) is 5.56 Å². The highest BCUT2D eigenvalue weighted by molar-refractivity contribution is 8.00. The van der Waals surface area contributed by atoms with Crippen molar-refractivity contribution in [2.45, 2.75) is 37.5 Å². The normalized spacial score (nSPS) is 17.6. The number of nitrogens with zero attached hydrogens (tertiary/aromatic N) is 2. The number of ether oxygens (including phenoxy) is 1. The second-order valence-corrected chi connectivity index (χ2v) is 10.1.